The number of Topliss-reactive ketones (excluding diaryl/α,β-unsaturated/α-hetero) is 1. The number of nitrogens with one attached hydrogen (secondary N) is 1. The molecule has 96 valence electrons. The van der Waals surface area contributed by atoms with Crippen molar-refractivity contribution in [1.29, 1.82) is 0 Å². The van der Waals surface area contributed by atoms with Crippen LogP contribution < -0.4 is 5.32 Å². The summed E-state index contributed by atoms with van der Waals surface area (Å²) in [5, 5.41) is 3.49. The zero-order chi connectivity index (χ0) is 12.5. The van der Waals surface area contributed by atoms with Gasteiger partial charge in [0.1, 0.15) is 5.82 Å². The predicted octanol–water partition coefficient (Wildman–Crippen LogP) is 2.71. The second-order valence-electron chi connectivity index (χ2n) is 5.39. The van der Waals surface area contributed by atoms with Gasteiger partial charge in [-0.25, -0.2) is 4.39 Å². The molecule has 1 N–H and O–H groups in total. The van der Waals surface area contributed by atoms with Crippen LogP contribution in [0.1, 0.15) is 41.6 Å². The maximum atomic E-state index is 13.2. The summed E-state index contributed by atoms with van der Waals surface area (Å²) in [6.07, 6.45) is 5.38. The van der Waals surface area contributed by atoms with Crippen molar-refractivity contribution in [3.05, 3.63) is 35.1 Å². The van der Waals surface area contributed by atoms with Crippen LogP contribution >= 0.6 is 0 Å². The SMILES string of the molecule is O=C1c2ccc(F)cc2CC1C1CCCCCN1. The van der Waals surface area contributed by atoms with E-state index in [-0.39, 0.29) is 23.6 Å². The molecule has 2 nitrogen and oxygen atoms in total. The van der Waals surface area contributed by atoms with Crippen LogP contribution in [0.3, 0.4) is 0 Å². The van der Waals surface area contributed by atoms with Crippen molar-refractivity contribution >= 4 is 5.78 Å². The molecule has 1 aliphatic heterocycles. The fourth-order valence-electron chi connectivity index (χ4n) is 3.22. The monoisotopic (exact) mass is 247 g/mol. The highest BCUT2D eigenvalue weighted by Crippen LogP contribution is 2.31. The van der Waals surface area contributed by atoms with E-state index in [1.54, 1.807) is 6.07 Å². The Morgan fingerprint density at radius 2 is 2.11 bits per heavy atom. The molecule has 0 amide bonds. The molecule has 18 heavy (non-hydrogen) atoms. The molecule has 1 aromatic rings. The van der Waals surface area contributed by atoms with Crippen LogP contribution in [0, 0.1) is 11.7 Å². The molecule has 0 bridgehead atoms. The summed E-state index contributed by atoms with van der Waals surface area (Å²) in [4.78, 5) is 12.4. The van der Waals surface area contributed by atoms with Crippen molar-refractivity contribution in [1.82, 2.24) is 5.32 Å². The van der Waals surface area contributed by atoms with Crippen LogP contribution in [0.25, 0.3) is 0 Å². The number of carbonyl (C=O) groups is 1. The summed E-state index contributed by atoms with van der Waals surface area (Å²) in [6, 6.07) is 4.82. The third-order valence-electron chi connectivity index (χ3n) is 4.19. The van der Waals surface area contributed by atoms with Gasteiger partial charge in [0.05, 0.1) is 0 Å². The van der Waals surface area contributed by atoms with E-state index in [2.05, 4.69) is 5.32 Å². The van der Waals surface area contributed by atoms with Gasteiger partial charge in [0.2, 0.25) is 0 Å². The number of fused-ring (bicyclic) bond motifs is 1. The normalized spacial score (nSPS) is 27.9. The second-order valence-corrected chi connectivity index (χ2v) is 5.39. The topological polar surface area (TPSA) is 29.1 Å². The van der Waals surface area contributed by atoms with Gasteiger partial charge < -0.3 is 5.32 Å². The van der Waals surface area contributed by atoms with E-state index < -0.39 is 0 Å². The smallest absolute Gasteiger partial charge is 0.168 e. The lowest BCUT2D eigenvalue weighted by molar-refractivity contribution is 0.0907. The number of ketones is 1. The van der Waals surface area contributed by atoms with Crippen molar-refractivity contribution in [2.45, 2.75) is 38.1 Å². The Morgan fingerprint density at radius 3 is 3.00 bits per heavy atom. The first-order valence-corrected chi connectivity index (χ1v) is 6.82. The van der Waals surface area contributed by atoms with Gasteiger partial charge in [0.15, 0.2) is 5.78 Å². The molecule has 1 heterocycles. The third kappa shape index (κ3) is 2.07. The van der Waals surface area contributed by atoms with Gasteiger partial charge in [-0.15, -0.1) is 0 Å². The quantitative estimate of drug-likeness (QED) is 0.826. The number of carbonyl (C=O) groups excluding carboxylic acids is 1. The standard InChI is InChI=1S/C15H18FNO/c16-11-5-6-12-10(8-11)9-13(15(12)18)14-4-2-1-3-7-17-14/h5-6,8,13-14,17H,1-4,7,9H2. The van der Waals surface area contributed by atoms with Crippen molar-refractivity contribution in [3.8, 4) is 0 Å². The predicted molar refractivity (Wildman–Crippen MR) is 68.2 cm³/mol. The molecule has 2 unspecified atom stereocenters. The molecule has 0 aromatic heterocycles. The van der Waals surface area contributed by atoms with E-state index in [1.807, 2.05) is 0 Å². The van der Waals surface area contributed by atoms with Gasteiger partial charge in [0, 0.05) is 17.5 Å². The lowest BCUT2D eigenvalue weighted by Gasteiger charge is -2.21. The Morgan fingerprint density at radius 1 is 1.22 bits per heavy atom. The Balaban J connectivity index is 1.82. The number of benzene rings is 1. The van der Waals surface area contributed by atoms with Crippen LogP contribution in [-0.4, -0.2) is 18.4 Å². The molecule has 0 spiro atoms. The molecule has 0 radical (unpaired) electrons. The van der Waals surface area contributed by atoms with Gasteiger partial charge in [-0.1, -0.05) is 12.8 Å². The molecule has 0 saturated carbocycles. The van der Waals surface area contributed by atoms with Gasteiger partial charge in [-0.2, -0.15) is 0 Å². The van der Waals surface area contributed by atoms with Crippen LogP contribution in [-0.2, 0) is 6.42 Å². The van der Waals surface area contributed by atoms with Gasteiger partial charge in [-0.3, -0.25) is 4.79 Å². The average molecular weight is 247 g/mol. The van der Waals surface area contributed by atoms with E-state index in [0.717, 1.165) is 24.1 Å². The van der Waals surface area contributed by atoms with Crippen molar-refractivity contribution in [2.24, 2.45) is 5.92 Å². The Kier molecular flexibility index (Phi) is 3.16. The zero-order valence-corrected chi connectivity index (χ0v) is 10.4. The van der Waals surface area contributed by atoms with Crippen LogP contribution in [0.4, 0.5) is 4.39 Å². The highest BCUT2D eigenvalue weighted by atomic mass is 19.1. The fraction of sp³-hybridized carbons (Fsp3) is 0.533. The van der Waals surface area contributed by atoms with Crippen LogP contribution in [0.2, 0.25) is 0 Å². The number of rotatable bonds is 1. The number of halogens is 1. The maximum absolute atomic E-state index is 13.2. The van der Waals surface area contributed by atoms with Gasteiger partial charge in [-0.05, 0) is 49.6 Å². The Labute approximate surface area is 107 Å². The molecule has 1 saturated heterocycles. The van der Waals surface area contributed by atoms with E-state index in [4.69, 9.17) is 0 Å². The van der Waals surface area contributed by atoms with Crippen molar-refractivity contribution < 1.29 is 9.18 Å². The van der Waals surface area contributed by atoms with E-state index >= 15 is 0 Å². The summed E-state index contributed by atoms with van der Waals surface area (Å²) >= 11 is 0. The maximum Gasteiger partial charge on any atom is 0.168 e. The minimum absolute atomic E-state index is 0.0138. The van der Waals surface area contributed by atoms with Crippen LogP contribution in [0.5, 0.6) is 0 Å². The molecule has 3 heteroatoms. The summed E-state index contributed by atoms with van der Waals surface area (Å²) in [6.45, 7) is 0.999. The fourth-order valence-corrected chi connectivity index (χ4v) is 3.22. The number of hydrogen-bond donors (Lipinski definition) is 1. The van der Waals surface area contributed by atoms with Crippen LogP contribution in [0.15, 0.2) is 18.2 Å². The molecule has 3 rings (SSSR count). The summed E-state index contributed by atoms with van der Waals surface area (Å²) < 4.78 is 13.2. The first kappa shape index (κ1) is 11.8. The van der Waals surface area contributed by atoms with E-state index in [0.29, 0.717) is 6.42 Å². The Bertz CT molecular complexity index is 464. The summed E-state index contributed by atoms with van der Waals surface area (Å²) in [5.41, 5.74) is 1.61. The first-order chi connectivity index (χ1) is 8.75. The van der Waals surface area contributed by atoms with Crippen molar-refractivity contribution in [3.63, 3.8) is 0 Å². The third-order valence-corrected chi connectivity index (χ3v) is 4.19. The largest absolute Gasteiger partial charge is 0.313 e. The highest BCUT2D eigenvalue weighted by molar-refractivity contribution is 6.02. The highest BCUT2D eigenvalue weighted by Gasteiger charge is 2.36. The molecular weight excluding hydrogens is 229 g/mol. The molecule has 1 fully saturated rings. The van der Waals surface area contributed by atoms with Gasteiger partial charge in [0.25, 0.3) is 0 Å². The molecular formula is C15H18FNO. The van der Waals surface area contributed by atoms with Crippen molar-refractivity contribution in [2.75, 3.05) is 6.54 Å². The zero-order valence-electron chi connectivity index (χ0n) is 10.4. The summed E-state index contributed by atoms with van der Waals surface area (Å²) in [5.74, 6) is -0.0275. The van der Waals surface area contributed by atoms with E-state index in [1.165, 1.54) is 31.4 Å². The number of hydrogen-bond acceptors (Lipinski definition) is 2. The second kappa shape index (κ2) is 4.81. The summed E-state index contributed by atoms with van der Waals surface area (Å²) in [7, 11) is 0. The van der Waals surface area contributed by atoms with Gasteiger partial charge >= 0.3 is 0 Å². The van der Waals surface area contributed by atoms with E-state index in [9.17, 15) is 9.18 Å². The molecule has 2 aliphatic rings. The molecule has 1 aromatic carbocycles. The first-order valence-electron chi connectivity index (χ1n) is 6.82. The lowest BCUT2D eigenvalue weighted by Crippen LogP contribution is -2.38. The Hall–Kier alpha value is -1.22. The molecule has 2 atom stereocenters. The minimum Gasteiger partial charge on any atom is -0.313 e. The molecule has 1 aliphatic carbocycles. The lowest BCUT2D eigenvalue weighted by atomic mass is 9.92. The minimum atomic E-state index is -0.240. The average Bonchev–Trinajstić information content (AvgIpc) is 2.57.